The van der Waals surface area contributed by atoms with Crippen LogP contribution < -0.4 is 5.32 Å². The largest absolute Gasteiger partial charge is 0.469 e. The van der Waals surface area contributed by atoms with Gasteiger partial charge < -0.3 is 9.73 Å². The van der Waals surface area contributed by atoms with Crippen molar-refractivity contribution < 1.29 is 9.21 Å². The van der Waals surface area contributed by atoms with Gasteiger partial charge in [0.1, 0.15) is 5.76 Å². The topological polar surface area (TPSA) is 72.9 Å². The summed E-state index contributed by atoms with van der Waals surface area (Å²) in [5.74, 6) is 1.48. The predicted octanol–water partition coefficient (Wildman–Crippen LogP) is 5.51. The minimum Gasteiger partial charge on any atom is -0.469 e. The zero-order valence-corrected chi connectivity index (χ0v) is 19.5. The lowest BCUT2D eigenvalue weighted by atomic mass is 9.88. The van der Waals surface area contributed by atoms with Gasteiger partial charge >= 0.3 is 0 Å². The fourth-order valence-corrected chi connectivity index (χ4v) is 5.23. The number of carbonyl (C=O) groups excluding carboxylic acids is 1. The lowest BCUT2D eigenvalue weighted by Crippen LogP contribution is -2.36. The summed E-state index contributed by atoms with van der Waals surface area (Å²) in [6.45, 7) is 3.83. The van der Waals surface area contributed by atoms with Gasteiger partial charge in [0, 0.05) is 5.69 Å². The van der Waals surface area contributed by atoms with E-state index in [0.717, 1.165) is 36.3 Å². The molecule has 0 unspecified atom stereocenters. The van der Waals surface area contributed by atoms with Gasteiger partial charge in [-0.05, 0) is 62.4 Å². The molecule has 2 aromatic carbocycles. The first kappa shape index (κ1) is 21.5. The molecule has 0 spiro atoms. The van der Waals surface area contributed by atoms with E-state index in [4.69, 9.17) is 4.42 Å². The minimum atomic E-state index is -0.330. The number of benzene rings is 2. The van der Waals surface area contributed by atoms with E-state index in [2.05, 4.69) is 33.7 Å². The molecule has 5 rings (SSSR count). The van der Waals surface area contributed by atoms with Gasteiger partial charge in [0.2, 0.25) is 5.91 Å². The number of fused-ring (bicyclic) bond motifs is 1. The molecule has 168 valence electrons. The molecule has 0 saturated carbocycles. The molecular formula is C26H26N4O2S. The van der Waals surface area contributed by atoms with Crippen molar-refractivity contribution in [2.24, 2.45) is 0 Å². The van der Waals surface area contributed by atoms with E-state index in [9.17, 15) is 4.79 Å². The highest BCUT2D eigenvalue weighted by Crippen LogP contribution is 2.33. The summed E-state index contributed by atoms with van der Waals surface area (Å²) in [4.78, 5) is 13.2. The van der Waals surface area contributed by atoms with Crippen LogP contribution in [0, 0.1) is 6.92 Å². The van der Waals surface area contributed by atoms with Crippen LogP contribution in [0.4, 0.5) is 0 Å². The number of hydrogen-bond donors (Lipinski definition) is 1. The Balaban J connectivity index is 1.40. The number of nitrogens with zero attached hydrogens (tertiary/aromatic N) is 3. The van der Waals surface area contributed by atoms with Crippen molar-refractivity contribution in [3.8, 4) is 17.1 Å². The highest BCUT2D eigenvalue weighted by atomic mass is 32.2. The zero-order chi connectivity index (χ0) is 22.8. The average molecular weight is 459 g/mol. The van der Waals surface area contributed by atoms with Crippen LogP contribution in [0.25, 0.3) is 17.1 Å². The third-order valence-corrected chi connectivity index (χ3v) is 7.13. The van der Waals surface area contributed by atoms with Crippen molar-refractivity contribution in [2.45, 2.75) is 49.6 Å². The van der Waals surface area contributed by atoms with Crippen molar-refractivity contribution in [1.29, 1.82) is 0 Å². The summed E-state index contributed by atoms with van der Waals surface area (Å²) in [6.07, 6.45) is 4.77. The molecule has 1 amide bonds. The summed E-state index contributed by atoms with van der Waals surface area (Å²) in [5.41, 5.74) is 4.39. The second-order valence-corrected chi connectivity index (χ2v) is 9.59. The molecule has 33 heavy (non-hydrogen) atoms. The molecule has 0 saturated heterocycles. The standard InChI is InChI=1S/C26H26N4O2S/c1-17-21(15-16-32-17)24-28-29-26(30(24)20-11-4-3-5-12-20)33-18(2)25(31)27-23-14-8-10-19-9-6-7-13-22(19)23/h3-7,9,11-13,15-16,18,23H,8,10,14H2,1-2H3,(H,27,31)/t18-,23-/m0/s1. The summed E-state index contributed by atoms with van der Waals surface area (Å²) in [6, 6.07) is 20.3. The Labute approximate surface area is 197 Å². The van der Waals surface area contributed by atoms with E-state index in [-0.39, 0.29) is 17.2 Å². The number of para-hydroxylation sites is 1. The van der Waals surface area contributed by atoms with Crippen LogP contribution in [0.3, 0.4) is 0 Å². The van der Waals surface area contributed by atoms with Crippen molar-refractivity contribution in [3.05, 3.63) is 83.8 Å². The van der Waals surface area contributed by atoms with Crippen molar-refractivity contribution >= 4 is 17.7 Å². The van der Waals surface area contributed by atoms with Crippen molar-refractivity contribution in [1.82, 2.24) is 20.1 Å². The van der Waals surface area contributed by atoms with Gasteiger partial charge in [-0.15, -0.1) is 10.2 Å². The van der Waals surface area contributed by atoms with E-state index in [1.165, 1.54) is 22.9 Å². The molecule has 0 fully saturated rings. The normalized spacial score (nSPS) is 16.2. The Kier molecular flexibility index (Phi) is 6.05. The van der Waals surface area contributed by atoms with Crippen LogP contribution >= 0.6 is 11.8 Å². The van der Waals surface area contributed by atoms with E-state index in [0.29, 0.717) is 11.0 Å². The van der Waals surface area contributed by atoms with Gasteiger partial charge in [-0.25, -0.2) is 0 Å². The molecule has 1 aliphatic carbocycles. The van der Waals surface area contributed by atoms with E-state index < -0.39 is 0 Å². The van der Waals surface area contributed by atoms with Crippen molar-refractivity contribution in [3.63, 3.8) is 0 Å². The number of amides is 1. The summed E-state index contributed by atoms with van der Waals surface area (Å²) < 4.78 is 7.49. The van der Waals surface area contributed by atoms with Gasteiger partial charge in [0.15, 0.2) is 11.0 Å². The van der Waals surface area contributed by atoms with Gasteiger partial charge in [-0.1, -0.05) is 54.2 Å². The number of nitrogens with one attached hydrogen (secondary N) is 1. The molecular weight excluding hydrogens is 432 g/mol. The molecule has 0 radical (unpaired) electrons. The second-order valence-electron chi connectivity index (χ2n) is 8.28. The number of hydrogen-bond acceptors (Lipinski definition) is 5. The highest BCUT2D eigenvalue weighted by Gasteiger charge is 2.26. The van der Waals surface area contributed by atoms with Crippen LogP contribution in [0.15, 0.2) is 76.5 Å². The Bertz CT molecular complexity index is 1260. The fraction of sp³-hybridized carbons (Fsp3) is 0.269. The summed E-state index contributed by atoms with van der Waals surface area (Å²) >= 11 is 1.41. The number of aryl methyl sites for hydroxylation is 2. The van der Waals surface area contributed by atoms with Crippen LogP contribution in [-0.2, 0) is 11.2 Å². The number of aromatic nitrogens is 3. The Morgan fingerprint density at radius 3 is 2.70 bits per heavy atom. The average Bonchev–Trinajstić information content (AvgIpc) is 3.45. The highest BCUT2D eigenvalue weighted by molar-refractivity contribution is 8.00. The smallest absolute Gasteiger partial charge is 0.233 e. The van der Waals surface area contributed by atoms with Crippen molar-refractivity contribution in [2.75, 3.05) is 0 Å². The van der Waals surface area contributed by atoms with Gasteiger partial charge in [0.25, 0.3) is 0 Å². The van der Waals surface area contributed by atoms with E-state index in [1.54, 1.807) is 6.26 Å². The van der Waals surface area contributed by atoms with Crippen LogP contribution in [0.1, 0.15) is 42.7 Å². The zero-order valence-electron chi connectivity index (χ0n) is 18.7. The van der Waals surface area contributed by atoms with Crippen LogP contribution in [0.2, 0.25) is 0 Å². The molecule has 2 heterocycles. The fourth-order valence-electron chi connectivity index (χ4n) is 4.35. The number of carbonyl (C=O) groups is 1. The Hall–Kier alpha value is -3.32. The van der Waals surface area contributed by atoms with Crippen LogP contribution in [0.5, 0.6) is 0 Å². The predicted molar refractivity (Wildman–Crippen MR) is 129 cm³/mol. The maximum atomic E-state index is 13.2. The minimum absolute atomic E-state index is 0.00496. The molecule has 0 bridgehead atoms. The molecule has 1 N–H and O–H groups in total. The first-order chi connectivity index (χ1) is 16.1. The third kappa shape index (κ3) is 4.33. The molecule has 6 nitrogen and oxygen atoms in total. The van der Waals surface area contributed by atoms with E-state index >= 15 is 0 Å². The maximum Gasteiger partial charge on any atom is 0.233 e. The molecule has 1 aliphatic rings. The molecule has 0 aliphatic heterocycles. The third-order valence-electron chi connectivity index (χ3n) is 6.08. The SMILES string of the molecule is Cc1occc1-c1nnc(S[C@@H](C)C(=O)N[C@H]2CCCc3ccccc32)n1-c1ccccc1. The molecule has 4 aromatic rings. The quantitative estimate of drug-likeness (QED) is 0.386. The molecule has 2 atom stereocenters. The Morgan fingerprint density at radius 2 is 1.91 bits per heavy atom. The van der Waals surface area contributed by atoms with Crippen LogP contribution in [-0.4, -0.2) is 25.9 Å². The van der Waals surface area contributed by atoms with E-state index in [1.807, 2.05) is 60.9 Å². The second kappa shape index (κ2) is 9.27. The summed E-state index contributed by atoms with van der Waals surface area (Å²) in [7, 11) is 0. The lowest BCUT2D eigenvalue weighted by molar-refractivity contribution is -0.121. The Morgan fingerprint density at radius 1 is 1.12 bits per heavy atom. The number of thioether (sulfide) groups is 1. The number of furan rings is 1. The first-order valence-corrected chi connectivity index (χ1v) is 12.1. The van der Waals surface area contributed by atoms with Gasteiger partial charge in [-0.2, -0.15) is 0 Å². The lowest BCUT2D eigenvalue weighted by Gasteiger charge is -2.27. The number of rotatable bonds is 6. The van der Waals surface area contributed by atoms with Gasteiger partial charge in [0.05, 0.1) is 23.1 Å². The molecule has 2 aromatic heterocycles. The maximum absolute atomic E-state index is 13.2. The molecule has 7 heteroatoms. The summed E-state index contributed by atoms with van der Waals surface area (Å²) in [5, 5.41) is 12.5. The first-order valence-electron chi connectivity index (χ1n) is 11.2. The monoisotopic (exact) mass is 458 g/mol. The van der Waals surface area contributed by atoms with Gasteiger partial charge in [-0.3, -0.25) is 9.36 Å².